The molecule has 1 atom stereocenters. The zero-order chi connectivity index (χ0) is 15.0. The number of aromatic nitrogens is 1. The van der Waals surface area contributed by atoms with E-state index < -0.39 is 11.9 Å². The Morgan fingerprint density at radius 1 is 1.38 bits per heavy atom. The number of nitrogens with zero attached hydrogens (tertiary/aromatic N) is 2. The van der Waals surface area contributed by atoms with Gasteiger partial charge in [-0.25, -0.2) is 0 Å². The van der Waals surface area contributed by atoms with E-state index in [0.29, 0.717) is 5.69 Å². The van der Waals surface area contributed by atoms with Gasteiger partial charge in [0, 0.05) is 24.6 Å². The molecule has 1 saturated carbocycles. The van der Waals surface area contributed by atoms with Crippen molar-refractivity contribution in [3.05, 3.63) is 17.0 Å². The summed E-state index contributed by atoms with van der Waals surface area (Å²) in [5, 5.41) is 13.0. The Morgan fingerprint density at radius 3 is 2.76 bits per heavy atom. The third-order valence-corrected chi connectivity index (χ3v) is 4.29. The number of carbonyl (C=O) groups excluding carboxylic acids is 1. The van der Waals surface area contributed by atoms with Crippen LogP contribution in [0.4, 0.5) is 0 Å². The van der Waals surface area contributed by atoms with Crippen molar-refractivity contribution in [3.8, 4) is 0 Å². The molecule has 1 heterocycles. The maximum absolute atomic E-state index is 12.7. The van der Waals surface area contributed by atoms with E-state index >= 15 is 0 Å². The summed E-state index contributed by atoms with van der Waals surface area (Å²) in [4.78, 5) is 25.4. The molecule has 0 aromatic carbocycles. The van der Waals surface area contributed by atoms with Gasteiger partial charge in [0.2, 0.25) is 0 Å². The molecule has 3 rings (SSSR count). The summed E-state index contributed by atoms with van der Waals surface area (Å²) in [5.41, 5.74) is 1.33. The number of carboxylic acids is 1. The maximum Gasteiger partial charge on any atom is 0.308 e. The van der Waals surface area contributed by atoms with Gasteiger partial charge in [-0.2, -0.15) is 0 Å². The molecule has 0 radical (unpaired) electrons. The van der Waals surface area contributed by atoms with E-state index in [-0.39, 0.29) is 18.5 Å². The van der Waals surface area contributed by atoms with E-state index in [0.717, 1.165) is 49.8 Å². The molecule has 2 aliphatic carbocycles. The summed E-state index contributed by atoms with van der Waals surface area (Å²) < 4.78 is 5.30. The number of fused-ring (bicyclic) bond motifs is 1. The van der Waals surface area contributed by atoms with E-state index in [4.69, 9.17) is 9.63 Å². The van der Waals surface area contributed by atoms with Crippen LogP contribution in [0.25, 0.3) is 0 Å². The highest BCUT2D eigenvalue weighted by Crippen LogP contribution is 2.31. The molecular formula is C15H20N2O4. The Labute approximate surface area is 123 Å². The Bertz CT molecular complexity index is 562. The van der Waals surface area contributed by atoms with Crippen LogP contribution in [-0.4, -0.2) is 39.6 Å². The molecule has 0 aliphatic heterocycles. The molecular weight excluding hydrogens is 272 g/mol. The van der Waals surface area contributed by atoms with Gasteiger partial charge in [0.25, 0.3) is 5.91 Å². The van der Waals surface area contributed by atoms with Crippen molar-refractivity contribution < 1.29 is 19.2 Å². The Kier molecular flexibility index (Phi) is 3.69. The summed E-state index contributed by atoms with van der Waals surface area (Å²) >= 11 is 0. The minimum absolute atomic E-state index is 0.162. The topological polar surface area (TPSA) is 83.6 Å². The van der Waals surface area contributed by atoms with Crippen LogP contribution < -0.4 is 0 Å². The maximum atomic E-state index is 12.7. The number of rotatable bonds is 5. The summed E-state index contributed by atoms with van der Waals surface area (Å²) in [6.45, 7) is 1.86. The van der Waals surface area contributed by atoms with E-state index in [1.807, 2.05) is 0 Å². The van der Waals surface area contributed by atoms with Crippen LogP contribution in [0.5, 0.6) is 0 Å². The minimum atomic E-state index is -0.879. The molecule has 1 aromatic rings. The molecule has 21 heavy (non-hydrogen) atoms. The van der Waals surface area contributed by atoms with Crippen molar-refractivity contribution in [2.75, 3.05) is 6.54 Å². The zero-order valence-electron chi connectivity index (χ0n) is 12.2. The van der Waals surface area contributed by atoms with Gasteiger partial charge in [0.1, 0.15) is 5.76 Å². The second kappa shape index (κ2) is 5.50. The highest BCUT2D eigenvalue weighted by Gasteiger charge is 2.37. The first-order valence-corrected chi connectivity index (χ1v) is 7.59. The van der Waals surface area contributed by atoms with Crippen LogP contribution in [0.3, 0.4) is 0 Å². The standard InChI is InChI=1S/C15H20N2O4/c1-9(15(19)20)8-17(10-6-7-10)14(18)13-11-4-2-3-5-12(11)21-16-13/h9-10H,2-8H2,1H3,(H,19,20). The van der Waals surface area contributed by atoms with Gasteiger partial charge in [-0.05, 0) is 32.1 Å². The lowest BCUT2D eigenvalue weighted by Crippen LogP contribution is -2.39. The highest BCUT2D eigenvalue weighted by atomic mass is 16.5. The summed E-state index contributed by atoms with van der Waals surface area (Å²) in [5.74, 6) is -0.794. The molecule has 1 unspecified atom stereocenters. The SMILES string of the molecule is CC(CN(C(=O)c1noc2c1CCCC2)C1CC1)C(=O)O. The molecule has 1 N–H and O–H groups in total. The molecule has 6 heteroatoms. The molecule has 1 aromatic heterocycles. The lowest BCUT2D eigenvalue weighted by atomic mass is 9.96. The van der Waals surface area contributed by atoms with Crippen LogP contribution in [0.1, 0.15) is 54.4 Å². The molecule has 1 fully saturated rings. The zero-order valence-corrected chi connectivity index (χ0v) is 12.2. The third-order valence-electron chi connectivity index (χ3n) is 4.29. The lowest BCUT2D eigenvalue weighted by Gasteiger charge is -2.24. The van der Waals surface area contributed by atoms with Crippen LogP contribution >= 0.6 is 0 Å². The number of amides is 1. The summed E-state index contributed by atoms with van der Waals surface area (Å²) in [6, 6.07) is 0.162. The van der Waals surface area contributed by atoms with Crippen LogP contribution in [0.2, 0.25) is 0 Å². The van der Waals surface area contributed by atoms with Crippen molar-refractivity contribution in [3.63, 3.8) is 0 Å². The van der Waals surface area contributed by atoms with Crippen molar-refractivity contribution in [1.82, 2.24) is 10.1 Å². The van der Waals surface area contributed by atoms with Gasteiger partial charge in [-0.3, -0.25) is 9.59 Å². The van der Waals surface area contributed by atoms with Crippen LogP contribution in [0, 0.1) is 5.92 Å². The van der Waals surface area contributed by atoms with E-state index in [2.05, 4.69) is 5.16 Å². The number of aryl methyl sites for hydroxylation is 1. The molecule has 0 bridgehead atoms. The van der Waals surface area contributed by atoms with E-state index in [1.54, 1.807) is 11.8 Å². The second-order valence-corrected chi connectivity index (χ2v) is 6.07. The normalized spacial score (nSPS) is 18.9. The van der Waals surface area contributed by atoms with Gasteiger partial charge in [0.15, 0.2) is 5.69 Å². The van der Waals surface area contributed by atoms with Gasteiger partial charge in [0.05, 0.1) is 5.92 Å². The fourth-order valence-electron chi connectivity index (χ4n) is 2.85. The van der Waals surface area contributed by atoms with Gasteiger partial charge < -0.3 is 14.5 Å². The fourth-order valence-corrected chi connectivity index (χ4v) is 2.85. The molecule has 0 spiro atoms. The third kappa shape index (κ3) is 2.80. The van der Waals surface area contributed by atoms with Gasteiger partial charge in [-0.1, -0.05) is 12.1 Å². The monoisotopic (exact) mass is 292 g/mol. The number of carboxylic acid groups (broad SMARTS) is 1. The molecule has 1 amide bonds. The Balaban J connectivity index is 1.81. The number of hydrogen-bond donors (Lipinski definition) is 1. The predicted molar refractivity (Wildman–Crippen MR) is 74.0 cm³/mol. The quantitative estimate of drug-likeness (QED) is 0.895. The van der Waals surface area contributed by atoms with Crippen LogP contribution in [-0.2, 0) is 17.6 Å². The Hall–Kier alpha value is -1.85. The summed E-state index contributed by atoms with van der Waals surface area (Å²) in [7, 11) is 0. The van der Waals surface area contributed by atoms with Crippen molar-refractivity contribution in [1.29, 1.82) is 0 Å². The minimum Gasteiger partial charge on any atom is -0.481 e. The van der Waals surface area contributed by atoms with Crippen molar-refractivity contribution >= 4 is 11.9 Å². The van der Waals surface area contributed by atoms with Crippen molar-refractivity contribution in [2.24, 2.45) is 5.92 Å². The number of aliphatic carboxylic acids is 1. The second-order valence-electron chi connectivity index (χ2n) is 6.07. The van der Waals surface area contributed by atoms with Crippen LogP contribution in [0.15, 0.2) is 4.52 Å². The highest BCUT2D eigenvalue weighted by molar-refractivity contribution is 5.94. The predicted octanol–water partition coefficient (Wildman–Crippen LogP) is 1.88. The smallest absolute Gasteiger partial charge is 0.308 e. The number of hydrogen-bond acceptors (Lipinski definition) is 4. The first-order valence-electron chi connectivity index (χ1n) is 7.59. The first kappa shape index (κ1) is 14.1. The number of carbonyl (C=O) groups is 2. The lowest BCUT2D eigenvalue weighted by molar-refractivity contribution is -0.141. The largest absolute Gasteiger partial charge is 0.481 e. The van der Waals surface area contributed by atoms with Gasteiger partial charge in [-0.15, -0.1) is 0 Å². The summed E-state index contributed by atoms with van der Waals surface area (Å²) in [6.07, 6.45) is 5.66. The van der Waals surface area contributed by atoms with Crippen molar-refractivity contribution in [2.45, 2.75) is 51.5 Å². The molecule has 0 saturated heterocycles. The van der Waals surface area contributed by atoms with Gasteiger partial charge >= 0.3 is 5.97 Å². The Morgan fingerprint density at radius 2 is 2.10 bits per heavy atom. The first-order chi connectivity index (χ1) is 10.1. The van der Waals surface area contributed by atoms with E-state index in [1.165, 1.54) is 0 Å². The van der Waals surface area contributed by atoms with E-state index in [9.17, 15) is 9.59 Å². The average molecular weight is 292 g/mol. The average Bonchev–Trinajstić information content (AvgIpc) is 3.22. The molecule has 114 valence electrons. The molecule has 2 aliphatic rings. The fraction of sp³-hybridized carbons (Fsp3) is 0.667. The molecule has 6 nitrogen and oxygen atoms in total.